The largest absolute Gasteiger partial charge is 0.326 e. The standard InChI is InChI=1S/C26H28N2O2/c1-18-8-10-19(11-9-18)16-24(29)27-22-6-5-7-23(17-22)28-25(30)20-12-14-21(15-13-20)26(2,3)4/h5-15,17H,16H2,1-4H3,(H,27,29)(H,28,30). The van der Waals surface area contributed by atoms with Crippen LogP contribution in [0.3, 0.4) is 0 Å². The Morgan fingerprint density at radius 3 is 2.00 bits per heavy atom. The molecule has 0 fully saturated rings. The van der Waals surface area contributed by atoms with Crippen molar-refractivity contribution < 1.29 is 9.59 Å². The zero-order valence-corrected chi connectivity index (χ0v) is 18.0. The van der Waals surface area contributed by atoms with Crippen molar-refractivity contribution in [3.63, 3.8) is 0 Å². The van der Waals surface area contributed by atoms with E-state index in [0.29, 0.717) is 23.4 Å². The van der Waals surface area contributed by atoms with E-state index in [1.807, 2.05) is 55.5 Å². The lowest BCUT2D eigenvalue weighted by Crippen LogP contribution is -2.16. The molecule has 3 rings (SSSR count). The molecule has 0 unspecified atom stereocenters. The number of benzene rings is 3. The number of rotatable bonds is 5. The van der Waals surface area contributed by atoms with Crippen LogP contribution in [0.1, 0.15) is 47.8 Å². The summed E-state index contributed by atoms with van der Waals surface area (Å²) < 4.78 is 0. The number of carbonyl (C=O) groups excluding carboxylic acids is 2. The lowest BCUT2D eigenvalue weighted by molar-refractivity contribution is -0.115. The molecule has 3 aromatic rings. The minimum atomic E-state index is -0.182. The highest BCUT2D eigenvalue weighted by molar-refractivity contribution is 6.04. The van der Waals surface area contributed by atoms with Gasteiger partial charge >= 0.3 is 0 Å². The fourth-order valence-corrected chi connectivity index (χ4v) is 3.10. The normalized spacial score (nSPS) is 11.1. The maximum atomic E-state index is 12.6. The summed E-state index contributed by atoms with van der Waals surface area (Å²) in [7, 11) is 0. The van der Waals surface area contributed by atoms with Gasteiger partial charge < -0.3 is 10.6 Å². The van der Waals surface area contributed by atoms with Crippen molar-refractivity contribution >= 4 is 23.2 Å². The first-order valence-corrected chi connectivity index (χ1v) is 10.1. The molecule has 154 valence electrons. The number of hydrogen-bond donors (Lipinski definition) is 2. The Labute approximate surface area is 178 Å². The maximum absolute atomic E-state index is 12.6. The average Bonchev–Trinajstić information content (AvgIpc) is 2.69. The van der Waals surface area contributed by atoms with Crippen LogP contribution < -0.4 is 10.6 Å². The summed E-state index contributed by atoms with van der Waals surface area (Å²) in [5.41, 5.74) is 5.22. The van der Waals surface area contributed by atoms with Crippen LogP contribution in [0.5, 0.6) is 0 Å². The summed E-state index contributed by atoms with van der Waals surface area (Å²) >= 11 is 0. The van der Waals surface area contributed by atoms with Gasteiger partial charge in [0, 0.05) is 16.9 Å². The van der Waals surface area contributed by atoms with Crippen molar-refractivity contribution in [2.45, 2.75) is 39.5 Å². The molecule has 0 spiro atoms. The third kappa shape index (κ3) is 5.80. The van der Waals surface area contributed by atoms with E-state index in [4.69, 9.17) is 0 Å². The van der Waals surface area contributed by atoms with E-state index in [1.54, 1.807) is 24.3 Å². The van der Waals surface area contributed by atoms with E-state index in [-0.39, 0.29) is 17.2 Å². The summed E-state index contributed by atoms with van der Waals surface area (Å²) in [6, 6.07) is 22.7. The summed E-state index contributed by atoms with van der Waals surface area (Å²) in [6.45, 7) is 8.44. The molecular formula is C26H28N2O2. The van der Waals surface area contributed by atoms with Gasteiger partial charge in [-0.3, -0.25) is 9.59 Å². The smallest absolute Gasteiger partial charge is 0.255 e. The van der Waals surface area contributed by atoms with E-state index >= 15 is 0 Å². The van der Waals surface area contributed by atoms with Gasteiger partial charge in [0.25, 0.3) is 5.91 Å². The highest BCUT2D eigenvalue weighted by atomic mass is 16.2. The molecule has 0 aliphatic carbocycles. The van der Waals surface area contributed by atoms with Crippen molar-refractivity contribution in [2.75, 3.05) is 10.6 Å². The molecule has 0 bridgehead atoms. The zero-order valence-electron chi connectivity index (χ0n) is 18.0. The topological polar surface area (TPSA) is 58.2 Å². The van der Waals surface area contributed by atoms with Crippen LogP contribution in [-0.2, 0) is 16.6 Å². The van der Waals surface area contributed by atoms with Crippen LogP contribution in [0.2, 0.25) is 0 Å². The van der Waals surface area contributed by atoms with Crippen molar-refractivity contribution in [1.29, 1.82) is 0 Å². The molecule has 0 atom stereocenters. The Morgan fingerprint density at radius 1 is 0.800 bits per heavy atom. The summed E-state index contributed by atoms with van der Waals surface area (Å²) in [4.78, 5) is 24.9. The highest BCUT2D eigenvalue weighted by Crippen LogP contribution is 2.23. The molecule has 3 aromatic carbocycles. The molecule has 4 heteroatoms. The van der Waals surface area contributed by atoms with Crippen molar-refractivity contribution in [3.05, 3.63) is 95.1 Å². The van der Waals surface area contributed by atoms with Crippen LogP contribution in [0.4, 0.5) is 11.4 Å². The van der Waals surface area contributed by atoms with Gasteiger partial charge in [-0.25, -0.2) is 0 Å². The SMILES string of the molecule is Cc1ccc(CC(=O)Nc2cccc(NC(=O)c3ccc(C(C)(C)C)cc3)c2)cc1. The Hall–Kier alpha value is -3.40. The monoisotopic (exact) mass is 400 g/mol. The Balaban J connectivity index is 1.62. The third-order valence-corrected chi connectivity index (χ3v) is 4.90. The Morgan fingerprint density at radius 2 is 1.40 bits per heavy atom. The molecule has 2 N–H and O–H groups in total. The lowest BCUT2D eigenvalue weighted by Gasteiger charge is -2.19. The molecule has 0 aromatic heterocycles. The molecule has 0 radical (unpaired) electrons. The number of carbonyl (C=O) groups is 2. The van der Waals surface area contributed by atoms with Gasteiger partial charge in [-0.2, -0.15) is 0 Å². The van der Waals surface area contributed by atoms with Gasteiger partial charge in [0.05, 0.1) is 6.42 Å². The number of amides is 2. The minimum absolute atomic E-state index is 0.0418. The second-order valence-corrected chi connectivity index (χ2v) is 8.57. The van der Waals surface area contributed by atoms with E-state index < -0.39 is 0 Å². The first kappa shape index (κ1) is 21.3. The molecule has 0 aliphatic rings. The second kappa shape index (κ2) is 8.95. The van der Waals surface area contributed by atoms with Crippen molar-refractivity contribution in [2.24, 2.45) is 0 Å². The number of nitrogens with one attached hydrogen (secondary N) is 2. The maximum Gasteiger partial charge on any atom is 0.255 e. The molecule has 0 saturated heterocycles. The number of aryl methyl sites for hydroxylation is 1. The van der Waals surface area contributed by atoms with Gasteiger partial charge in [0.15, 0.2) is 0 Å². The molecule has 4 nitrogen and oxygen atoms in total. The minimum Gasteiger partial charge on any atom is -0.326 e. The first-order valence-electron chi connectivity index (χ1n) is 10.1. The predicted octanol–water partition coefficient (Wildman–Crippen LogP) is 5.73. The van der Waals surface area contributed by atoms with Gasteiger partial charge in [-0.1, -0.05) is 68.8 Å². The van der Waals surface area contributed by atoms with E-state index in [1.165, 1.54) is 5.56 Å². The van der Waals surface area contributed by atoms with Gasteiger partial charge in [0.1, 0.15) is 0 Å². The van der Waals surface area contributed by atoms with Crippen LogP contribution in [-0.4, -0.2) is 11.8 Å². The summed E-state index contributed by atoms with van der Waals surface area (Å²) in [5, 5.41) is 5.79. The molecule has 0 aliphatic heterocycles. The highest BCUT2D eigenvalue weighted by Gasteiger charge is 2.14. The van der Waals surface area contributed by atoms with E-state index in [0.717, 1.165) is 11.1 Å². The molecule has 0 saturated carbocycles. The third-order valence-electron chi connectivity index (χ3n) is 4.90. The fourth-order valence-electron chi connectivity index (χ4n) is 3.10. The summed E-state index contributed by atoms with van der Waals surface area (Å²) in [5.74, 6) is -0.279. The number of hydrogen-bond acceptors (Lipinski definition) is 2. The molecular weight excluding hydrogens is 372 g/mol. The van der Waals surface area contributed by atoms with Gasteiger partial charge in [-0.15, -0.1) is 0 Å². The zero-order chi connectivity index (χ0) is 21.7. The summed E-state index contributed by atoms with van der Waals surface area (Å²) in [6.07, 6.45) is 0.303. The van der Waals surface area contributed by atoms with Gasteiger partial charge in [0.2, 0.25) is 5.91 Å². The predicted molar refractivity (Wildman–Crippen MR) is 123 cm³/mol. The first-order chi connectivity index (χ1) is 14.2. The lowest BCUT2D eigenvalue weighted by atomic mass is 9.87. The molecule has 0 heterocycles. The van der Waals surface area contributed by atoms with Crippen LogP contribution in [0, 0.1) is 6.92 Å². The van der Waals surface area contributed by atoms with Crippen molar-refractivity contribution in [1.82, 2.24) is 0 Å². The average molecular weight is 401 g/mol. The van der Waals surface area contributed by atoms with Crippen LogP contribution in [0.25, 0.3) is 0 Å². The Kier molecular flexibility index (Phi) is 6.36. The quantitative estimate of drug-likeness (QED) is 0.575. The molecule has 2 amide bonds. The van der Waals surface area contributed by atoms with Crippen LogP contribution in [0.15, 0.2) is 72.8 Å². The van der Waals surface area contributed by atoms with E-state index in [2.05, 4.69) is 31.4 Å². The number of anilines is 2. The van der Waals surface area contributed by atoms with Gasteiger partial charge in [-0.05, 0) is 53.8 Å². The second-order valence-electron chi connectivity index (χ2n) is 8.57. The van der Waals surface area contributed by atoms with E-state index in [9.17, 15) is 9.59 Å². The molecule has 30 heavy (non-hydrogen) atoms. The Bertz CT molecular complexity index is 1030. The van der Waals surface area contributed by atoms with Crippen molar-refractivity contribution in [3.8, 4) is 0 Å². The fraction of sp³-hybridized carbons (Fsp3) is 0.231. The van der Waals surface area contributed by atoms with Crippen LogP contribution >= 0.6 is 0 Å².